The number of hydrogen-bond donors (Lipinski definition) is 2. The molecule has 0 aliphatic heterocycles. The fourth-order valence-corrected chi connectivity index (χ4v) is 3.06. The first-order valence-corrected chi connectivity index (χ1v) is 10.0. The summed E-state index contributed by atoms with van der Waals surface area (Å²) in [5, 5.41) is 14.1. The molecule has 0 unspecified atom stereocenters. The van der Waals surface area contributed by atoms with Crippen molar-refractivity contribution < 1.29 is 33.0 Å². The average Bonchev–Trinajstić information content (AvgIpc) is 3.37. The van der Waals surface area contributed by atoms with Crippen molar-refractivity contribution in [2.75, 3.05) is 31.5 Å². The van der Waals surface area contributed by atoms with Gasteiger partial charge in [-0.1, -0.05) is 11.6 Å². The Bertz CT molecular complexity index is 1270. The summed E-state index contributed by atoms with van der Waals surface area (Å²) in [5.74, 6) is -1.66. The van der Waals surface area contributed by atoms with Crippen LogP contribution in [0.5, 0.6) is 11.5 Å². The fraction of sp³-hybridized carbons (Fsp3) is 0.130. The van der Waals surface area contributed by atoms with E-state index in [0.717, 1.165) is 0 Å². The van der Waals surface area contributed by atoms with Gasteiger partial charge in [0.25, 0.3) is 11.8 Å². The van der Waals surface area contributed by atoms with E-state index in [9.17, 15) is 14.4 Å². The molecule has 1 aromatic heterocycles. The minimum atomic E-state index is -0.899. The van der Waals surface area contributed by atoms with Crippen LogP contribution in [0.2, 0.25) is 5.02 Å². The Kier molecular flexibility index (Phi) is 7.74. The zero-order chi connectivity index (χ0) is 24.7. The van der Waals surface area contributed by atoms with E-state index in [2.05, 4.69) is 10.6 Å². The molecule has 174 valence electrons. The molecule has 2 N–H and O–H groups in total. The van der Waals surface area contributed by atoms with Crippen LogP contribution < -0.4 is 20.1 Å². The second kappa shape index (κ2) is 10.9. The number of amides is 2. The molecule has 0 aliphatic rings. The van der Waals surface area contributed by atoms with E-state index in [0.29, 0.717) is 5.69 Å². The Balaban J connectivity index is 1.75. The highest BCUT2D eigenvalue weighted by molar-refractivity contribution is 6.32. The average molecular weight is 484 g/mol. The predicted molar refractivity (Wildman–Crippen MR) is 121 cm³/mol. The molecule has 0 aliphatic carbocycles. The second-order valence-corrected chi connectivity index (χ2v) is 7.02. The van der Waals surface area contributed by atoms with Crippen LogP contribution in [0.25, 0.3) is 0 Å². The zero-order valence-corrected chi connectivity index (χ0v) is 18.8. The smallest absolute Gasteiger partial charge is 0.340 e. The predicted octanol–water partition coefficient (Wildman–Crippen LogP) is 3.87. The molecule has 0 saturated carbocycles. The van der Waals surface area contributed by atoms with Crippen molar-refractivity contribution >= 4 is 40.8 Å². The number of furan rings is 1. The number of benzene rings is 2. The van der Waals surface area contributed by atoms with Crippen LogP contribution in [0, 0.1) is 11.3 Å². The summed E-state index contributed by atoms with van der Waals surface area (Å²) in [7, 11) is 2.78. The van der Waals surface area contributed by atoms with Gasteiger partial charge in [-0.25, -0.2) is 4.79 Å². The molecule has 3 aromatic rings. The molecule has 10 nitrogen and oxygen atoms in total. The molecule has 0 atom stereocenters. The van der Waals surface area contributed by atoms with Crippen LogP contribution in [-0.2, 0) is 9.53 Å². The lowest BCUT2D eigenvalue weighted by atomic mass is 10.1. The number of nitriles is 1. The molecule has 0 saturated heterocycles. The number of halogens is 1. The summed E-state index contributed by atoms with van der Waals surface area (Å²) in [6, 6.07) is 11.9. The third-order valence-electron chi connectivity index (χ3n) is 4.44. The SMILES string of the molecule is COc1cc(NC(=O)c2ccco2)c(C(=O)OCC(=O)Nc2ccc(C#N)c(Cl)c2)cc1OC. The molecule has 0 radical (unpaired) electrons. The summed E-state index contributed by atoms with van der Waals surface area (Å²) in [6.07, 6.45) is 1.33. The standard InChI is InChI=1S/C23H18ClN3O7/c1-31-19-9-15(17(10-20(19)32-2)27-22(29)18-4-3-7-33-18)23(30)34-12-21(28)26-14-6-5-13(11-25)16(24)8-14/h3-10H,12H2,1-2H3,(H,26,28)(H,27,29). The van der Waals surface area contributed by atoms with Crippen molar-refractivity contribution in [2.24, 2.45) is 0 Å². The second-order valence-electron chi connectivity index (χ2n) is 6.61. The van der Waals surface area contributed by atoms with E-state index in [1.165, 1.54) is 56.9 Å². The molecule has 0 bridgehead atoms. The lowest BCUT2D eigenvalue weighted by Crippen LogP contribution is -2.22. The normalized spacial score (nSPS) is 10.1. The number of rotatable bonds is 8. The maximum absolute atomic E-state index is 12.8. The van der Waals surface area contributed by atoms with Gasteiger partial charge in [0.15, 0.2) is 23.9 Å². The minimum absolute atomic E-state index is 0.0227. The molecule has 1 heterocycles. The minimum Gasteiger partial charge on any atom is -0.493 e. The molecular weight excluding hydrogens is 466 g/mol. The summed E-state index contributed by atoms with van der Waals surface area (Å²) in [5.41, 5.74) is 0.557. The topological polar surface area (TPSA) is 140 Å². The quantitative estimate of drug-likeness (QED) is 0.460. The highest BCUT2D eigenvalue weighted by Gasteiger charge is 2.22. The maximum Gasteiger partial charge on any atom is 0.340 e. The summed E-state index contributed by atoms with van der Waals surface area (Å²) in [6.45, 7) is -0.629. The molecule has 11 heteroatoms. The summed E-state index contributed by atoms with van der Waals surface area (Å²) < 4.78 is 20.6. The van der Waals surface area contributed by atoms with Gasteiger partial charge in [-0.2, -0.15) is 5.26 Å². The van der Waals surface area contributed by atoms with Crippen molar-refractivity contribution in [1.29, 1.82) is 5.26 Å². The number of anilines is 2. The van der Waals surface area contributed by atoms with Gasteiger partial charge in [-0.15, -0.1) is 0 Å². The molecular formula is C23H18ClN3O7. The molecule has 2 aromatic carbocycles. The van der Waals surface area contributed by atoms with Crippen molar-refractivity contribution in [2.45, 2.75) is 0 Å². The van der Waals surface area contributed by atoms with E-state index in [1.807, 2.05) is 6.07 Å². The van der Waals surface area contributed by atoms with Crippen LogP contribution >= 0.6 is 11.6 Å². The van der Waals surface area contributed by atoms with Gasteiger partial charge < -0.3 is 29.3 Å². The molecule has 34 heavy (non-hydrogen) atoms. The van der Waals surface area contributed by atoms with Gasteiger partial charge in [0.2, 0.25) is 0 Å². The van der Waals surface area contributed by atoms with Crippen LogP contribution in [0.1, 0.15) is 26.5 Å². The Hall–Kier alpha value is -4.49. The van der Waals surface area contributed by atoms with Crippen LogP contribution in [0.15, 0.2) is 53.1 Å². The van der Waals surface area contributed by atoms with Crippen LogP contribution in [0.4, 0.5) is 11.4 Å². The lowest BCUT2D eigenvalue weighted by molar-refractivity contribution is -0.119. The summed E-state index contributed by atoms with van der Waals surface area (Å²) >= 11 is 5.95. The van der Waals surface area contributed by atoms with E-state index >= 15 is 0 Å². The van der Waals surface area contributed by atoms with Gasteiger partial charge in [0.1, 0.15) is 6.07 Å². The number of ether oxygens (including phenoxy) is 3. The number of methoxy groups -OCH3 is 2. The highest BCUT2D eigenvalue weighted by Crippen LogP contribution is 2.34. The number of hydrogen-bond acceptors (Lipinski definition) is 8. The third kappa shape index (κ3) is 5.65. The number of carbonyl (C=O) groups is 3. The highest BCUT2D eigenvalue weighted by atomic mass is 35.5. The number of carbonyl (C=O) groups excluding carboxylic acids is 3. The maximum atomic E-state index is 12.8. The third-order valence-corrected chi connectivity index (χ3v) is 4.76. The number of esters is 1. The first kappa shape index (κ1) is 24.2. The van der Waals surface area contributed by atoms with E-state index < -0.39 is 24.4 Å². The molecule has 3 rings (SSSR count). The Morgan fingerprint density at radius 2 is 1.79 bits per heavy atom. The van der Waals surface area contributed by atoms with Crippen LogP contribution in [0.3, 0.4) is 0 Å². The van der Waals surface area contributed by atoms with Gasteiger partial charge in [-0.05, 0) is 30.3 Å². The Labute approximate surface area is 199 Å². The van der Waals surface area contributed by atoms with E-state index in [4.69, 9.17) is 35.5 Å². The van der Waals surface area contributed by atoms with Gasteiger partial charge in [-0.3, -0.25) is 9.59 Å². The van der Waals surface area contributed by atoms with Gasteiger partial charge in [0, 0.05) is 17.8 Å². The summed E-state index contributed by atoms with van der Waals surface area (Å²) in [4.78, 5) is 37.4. The molecule has 2 amide bonds. The number of nitrogens with one attached hydrogen (secondary N) is 2. The largest absolute Gasteiger partial charge is 0.493 e. The Morgan fingerprint density at radius 3 is 2.41 bits per heavy atom. The zero-order valence-electron chi connectivity index (χ0n) is 18.0. The van der Waals surface area contributed by atoms with E-state index in [1.54, 1.807) is 6.07 Å². The Morgan fingerprint density at radius 1 is 1.06 bits per heavy atom. The lowest BCUT2D eigenvalue weighted by Gasteiger charge is -2.15. The van der Waals surface area contributed by atoms with Crippen molar-refractivity contribution in [1.82, 2.24) is 0 Å². The van der Waals surface area contributed by atoms with E-state index in [-0.39, 0.29) is 39.1 Å². The first-order valence-electron chi connectivity index (χ1n) is 9.63. The molecule has 0 fully saturated rings. The molecule has 0 spiro atoms. The van der Waals surface area contributed by atoms with Crippen molar-refractivity contribution in [3.8, 4) is 17.6 Å². The van der Waals surface area contributed by atoms with Crippen LogP contribution in [-0.4, -0.2) is 38.6 Å². The van der Waals surface area contributed by atoms with Gasteiger partial charge >= 0.3 is 5.97 Å². The fourth-order valence-electron chi connectivity index (χ4n) is 2.83. The van der Waals surface area contributed by atoms with Crippen molar-refractivity contribution in [3.05, 3.63) is 70.6 Å². The first-order chi connectivity index (χ1) is 16.4. The van der Waals surface area contributed by atoms with Crippen molar-refractivity contribution in [3.63, 3.8) is 0 Å². The van der Waals surface area contributed by atoms with Gasteiger partial charge in [0.05, 0.1) is 42.3 Å². The monoisotopic (exact) mass is 483 g/mol. The number of nitrogens with zero attached hydrogens (tertiary/aromatic N) is 1.